The van der Waals surface area contributed by atoms with Gasteiger partial charge in [0.05, 0.1) is 7.11 Å². The Bertz CT molecular complexity index is 384. The number of pyridine rings is 1. The molecule has 4 nitrogen and oxygen atoms in total. The summed E-state index contributed by atoms with van der Waals surface area (Å²) in [6.07, 6.45) is 4.04. The third-order valence-corrected chi connectivity index (χ3v) is 2.45. The fourth-order valence-corrected chi connectivity index (χ4v) is 1.47. The molecule has 0 spiro atoms. The molecule has 0 saturated heterocycles. The predicted octanol–water partition coefficient (Wildman–Crippen LogP) is 2.42. The molecule has 0 fully saturated rings. The molecule has 17 heavy (non-hydrogen) atoms. The van der Waals surface area contributed by atoms with Crippen molar-refractivity contribution < 1.29 is 14.3 Å². The minimum Gasteiger partial charge on any atom is -0.481 e. The van der Waals surface area contributed by atoms with Crippen molar-refractivity contribution in [1.82, 2.24) is 4.98 Å². The summed E-state index contributed by atoms with van der Waals surface area (Å²) in [5.41, 5.74) is 0.591. The Kier molecular flexibility index (Phi) is 5.33. The SMILES string of the molecule is COc1ccc(C(=O)CCCCC(C)=O)cn1. The summed E-state index contributed by atoms with van der Waals surface area (Å²) in [5, 5.41) is 0. The van der Waals surface area contributed by atoms with Crippen LogP contribution in [0.5, 0.6) is 5.88 Å². The van der Waals surface area contributed by atoms with Crippen LogP contribution in [0.4, 0.5) is 0 Å². The first kappa shape index (κ1) is 13.4. The second kappa shape index (κ2) is 6.78. The number of aromatic nitrogens is 1. The van der Waals surface area contributed by atoms with Gasteiger partial charge >= 0.3 is 0 Å². The van der Waals surface area contributed by atoms with E-state index in [1.54, 1.807) is 19.1 Å². The van der Waals surface area contributed by atoms with Crippen LogP contribution >= 0.6 is 0 Å². The molecule has 0 aliphatic carbocycles. The van der Waals surface area contributed by atoms with E-state index in [1.165, 1.54) is 13.3 Å². The largest absolute Gasteiger partial charge is 0.481 e. The van der Waals surface area contributed by atoms with Gasteiger partial charge in [-0.25, -0.2) is 4.98 Å². The molecule has 1 heterocycles. The van der Waals surface area contributed by atoms with E-state index in [-0.39, 0.29) is 11.6 Å². The van der Waals surface area contributed by atoms with E-state index in [4.69, 9.17) is 4.74 Å². The average molecular weight is 235 g/mol. The Balaban J connectivity index is 2.38. The maximum Gasteiger partial charge on any atom is 0.212 e. The highest BCUT2D eigenvalue weighted by Crippen LogP contribution is 2.11. The van der Waals surface area contributed by atoms with Gasteiger partial charge in [-0.05, 0) is 25.8 Å². The molecule has 92 valence electrons. The van der Waals surface area contributed by atoms with Crippen molar-refractivity contribution in [3.05, 3.63) is 23.9 Å². The van der Waals surface area contributed by atoms with E-state index >= 15 is 0 Å². The van der Waals surface area contributed by atoms with Crippen LogP contribution in [0.1, 0.15) is 43.0 Å². The molecule has 0 unspecified atom stereocenters. The van der Waals surface area contributed by atoms with Gasteiger partial charge in [-0.3, -0.25) is 4.79 Å². The molecule has 0 amide bonds. The van der Waals surface area contributed by atoms with Gasteiger partial charge in [-0.15, -0.1) is 0 Å². The number of ether oxygens (including phenoxy) is 1. The van der Waals surface area contributed by atoms with Gasteiger partial charge in [-0.2, -0.15) is 0 Å². The van der Waals surface area contributed by atoms with E-state index in [0.29, 0.717) is 24.3 Å². The molecular formula is C13H17NO3. The number of hydrogen-bond acceptors (Lipinski definition) is 4. The van der Waals surface area contributed by atoms with E-state index in [0.717, 1.165) is 12.8 Å². The van der Waals surface area contributed by atoms with E-state index < -0.39 is 0 Å². The van der Waals surface area contributed by atoms with Gasteiger partial charge in [0.1, 0.15) is 5.78 Å². The van der Waals surface area contributed by atoms with Crippen LogP contribution in [0, 0.1) is 0 Å². The molecule has 1 aromatic rings. The minimum atomic E-state index is 0.0590. The van der Waals surface area contributed by atoms with Crippen LogP contribution in [0.25, 0.3) is 0 Å². The monoisotopic (exact) mass is 235 g/mol. The third kappa shape index (κ3) is 4.76. The molecule has 1 aromatic heterocycles. The predicted molar refractivity (Wildman–Crippen MR) is 64.3 cm³/mol. The number of carbonyl (C=O) groups excluding carboxylic acids is 2. The highest BCUT2D eigenvalue weighted by Gasteiger charge is 2.06. The standard InChI is InChI=1S/C13H17NO3/c1-10(15)5-3-4-6-12(16)11-7-8-13(17-2)14-9-11/h7-9H,3-6H2,1-2H3. The second-order valence-corrected chi connectivity index (χ2v) is 3.92. The molecular weight excluding hydrogens is 218 g/mol. The Labute approximate surface area is 101 Å². The van der Waals surface area contributed by atoms with Gasteiger partial charge in [0.25, 0.3) is 0 Å². The number of unbranched alkanes of at least 4 members (excludes halogenated alkanes) is 1. The fourth-order valence-electron chi connectivity index (χ4n) is 1.47. The Hall–Kier alpha value is -1.71. The third-order valence-electron chi connectivity index (χ3n) is 2.45. The number of ketones is 2. The first-order valence-corrected chi connectivity index (χ1v) is 5.66. The zero-order chi connectivity index (χ0) is 12.7. The first-order chi connectivity index (χ1) is 8.13. The van der Waals surface area contributed by atoms with Crippen LogP contribution in [-0.2, 0) is 4.79 Å². The molecule has 0 aliphatic rings. The van der Waals surface area contributed by atoms with Gasteiger partial charge < -0.3 is 9.53 Å². The summed E-state index contributed by atoms with van der Waals surface area (Å²) in [6.45, 7) is 1.56. The number of Topliss-reactive ketones (excluding diaryl/α,β-unsaturated/α-hetero) is 2. The molecule has 0 N–H and O–H groups in total. The second-order valence-electron chi connectivity index (χ2n) is 3.92. The molecule has 0 atom stereocenters. The highest BCUT2D eigenvalue weighted by atomic mass is 16.5. The van der Waals surface area contributed by atoms with Crippen molar-refractivity contribution in [3.63, 3.8) is 0 Å². The van der Waals surface area contributed by atoms with E-state index in [9.17, 15) is 9.59 Å². The van der Waals surface area contributed by atoms with Gasteiger partial charge in [-0.1, -0.05) is 0 Å². The topological polar surface area (TPSA) is 56.3 Å². The highest BCUT2D eigenvalue weighted by molar-refractivity contribution is 5.95. The summed E-state index contributed by atoms with van der Waals surface area (Å²) in [7, 11) is 1.53. The summed E-state index contributed by atoms with van der Waals surface area (Å²) >= 11 is 0. The summed E-state index contributed by atoms with van der Waals surface area (Å²) in [4.78, 5) is 26.4. The lowest BCUT2D eigenvalue weighted by atomic mass is 10.1. The molecule has 0 aliphatic heterocycles. The molecule has 0 saturated carbocycles. The van der Waals surface area contributed by atoms with Crippen LogP contribution in [0.3, 0.4) is 0 Å². The number of methoxy groups -OCH3 is 1. The lowest BCUT2D eigenvalue weighted by Crippen LogP contribution is -2.01. The molecule has 1 rings (SSSR count). The summed E-state index contributed by atoms with van der Waals surface area (Å²) in [6, 6.07) is 3.38. The Morgan fingerprint density at radius 3 is 2.47 bits per heavy atom. The minimum absolute atomic E-state index is 0.0590. The lowest BCUT2D eigenvalue weighted by Gasteiger charge is -2.02. The number of carbonyl (C=O) groups is 2. The summed E-state index contributed by atoms with van der Waals surface area (Å²) in [5.74, 6) is 0.727. The van der Waals surface area contributed by atoms with E-state index in [1.807, 2.05) is 0 Å². The van der Waals surface area contributed by atoms with Crippen molar-refractivity contribution in [2.75, 3.05) is 7.11 Å². The van der Waals surface area contributed by atoms with E-state index in [2.05, 4.69) is 4.98 Å². The van der Waals surface area contributed by atoms with Crippen molar-refractivity contribution >= 4 is 11.6 Å². The zero-order valence-electron chi connectivity index (χ0n) is 10.2. The number of rotatable bonds is 7. The average Bonchev–Trinajstić information content (AvgIpc) is 2.34. The molecule has 4 heteroatoms. The Morgan fingerprint density at radius 1 is 1.24 bits per heavy atom. The van der Waals surface area contributed by atoms with Crippen LogP contribution in [-0.4, -0.2) is 23.7 Å². The fraction of sp³-hybridized carbons (Fsp3) is 0.462. The molecule has 0 bridgehead atoms. The van der Waals surface area contributed by atoms with Crippen LogP contribution in [0.2, 0.25) is 0 Å². The maximum atomic E-state index is 11.7. The van der Waals surface area contributed by atoms with Gasteiger partial charge in [0, 0.05) is 30.7 Å². The number of hydrogen-bond donors (Lipinski definition) is 0. The van der Waals surface area contributed by atoms with Crippen molar-refractivity contribution in [2.24, 2.45) is 0 Å². The normalized spacial score (nSPS) is 10.0. The van der Waals surface area contributed by atoms with Gasteiger partial charge in [0.2, 0.25) is 5.88 Å². The lowest BCUT2D eigenvalue weighted by molar-refractivity contribution is -0.117. The zero-order valence-corrected chi connectivity index (χ0v) is 10.2. The van der Waals surface area contributed by atoms with Crippen LogP contribution in [0.15, 0.2) is 18.3 Å². The summed E-state index contributed by atoms with van der Waals surface area (Å²) < 4.78 is 4.91. The van der Waals surface area contributed by atoms with Crippen LogP contribution < -0.4 is 4.74 Å². The smallest absolute Gasteiger partial charge is 0.212 e. The first-order valence-electron chi connectivity index (χ1n) is 5.66. The quantitative estimate of drug-likeness (QED) is 0.538. The number of nitrogens with zero attached hydrogens (tertiary/aromatic N) is 1. The van der Waals surface area contributed by atoms with Crippen molar-refractivity contribution in [2.45, 2.75) is 32.6 Å². The van der Waals surface area contributed by atoms with Crippen molar-refractivity contribution in [1.29, 1.82) is 0 Å². The molecule has 0 radical (unpaired) electrons. The molecule has 0 aromatic carbocycles. The maximum absolute atomic E-state index is 11.7. The van der Waals surface area contributed by atoms with Gasteiger partial charge in [0.15, 0.2) is 5.78 Å². The Morgan fingerprint density at radius 2 is 1.94 bits per heavy atom. The van der Waals surface area contributed by atoms with Crippen molar-refractivity contribution in [3.8, 4) is 5.88 Å².